The number of amides is 4. The molecule has 0 aliphatic carbocycles. The molecule has 12 rings (SSSR count). The van der Waals surface area contributed by atoms with Gasteiger partial charge < -0.3 is 57.5 Å². The first-order chi connectivity index (χ1) is 48.8. The van der Waals surface area contributed by atoms with Crippen molar-refractivity contribution in [3.8, 4) is 33.8 Å². The van der Waals surface area contributed by atoms with Gasteiger partial charge in [0.1, 0.15) is 20.1 Å². The van der Waals surface area contributed by atoms with Crippen LogP contribution in [-0.4, -0.2) is 101 Å². The number of thiophene rings is 3. The van der Waals surface area contributed by atoms with E-state index in [-0.39, 0.29) is 96.9 Å². The molecule has 522 valence electrons. The average Bonchev–Trinajstić information content (AvgIpc) is 1.75. The van der Waals surface area contributed by atoms with Gasteiger partial charge in [0.25, 0.3) is 17.7 Å². The molecule has 0 spiro atoms. The number of rotatable bonds is 21. The molecule has 10 N–H and O–H groups in total. The number of carbonyl (C=O) groups excluding carboxylic acids is 6. The van der Waals surface area contributed by atoms with Gasteiger partial charge in [0, 0.05) is 69.5 Å². The van der Waals surface area contributed by atoms with E-state index in [1.54, 1.807) is 107 Å². The molecule has 0 aliphatic heterocycles. The van der Waals surface area contributed by atoms with Crippen LogP contribution in [0.5, 0.6) is 0 Å². The van der Waals surface area contributed by atoms with Crippen molar-refractivity contribution in [2.45, 2.75) is 79.1 Å². The molecule has 0 atom stereocenters. The summed E-state index contributed by atoms with van der Waals surface area (Å²) in [5, 5.41) is 28.6. The van der Waals surface area contributed by atoms with Crippen LogP contribution in [0.25, 0.3) is 64.4 Å². The number of aromatic nitrogens is 6. The number of hydrogen-bond donors (Lipinski definition) is 7. The molecule has 0 unspecified atom stereocenters. The van der Waals surface area contributed by atoms with E-state index in [1.165, 1.54) is 34.0 Å². The van der Waals surface area contributed by atoms with E-state index < -0.39 is 35.4 Å². The van der Waals surface area contributed by atoms with Gasteiger partial charge in [-0.2, -0.15) is 0 Å². The normalized spacial score (nSPS) is 10.7. The number of nitrogens with one attached hydrogen (secondary N) is 4. The predicted molar refractivity (Wildman–Crippen MR) is 395 cm³/mol. The minimum atomic E-state index is -0.977. The van der Waals surface area contributed by atoms with Gasteiger partial charge in [0.15, 0.2) is 0 Å². The van der Waals surface area contributed by atoms with Crippen molar-refractivity contribution in [3.05, 3.63) is 231 Å². The summed E-state index contributed by atoms with van der Waals surface area (Å²) in [6.07, 6.45) is -0.605. The van der Waals surface area contributed by atoms with E-state index in [0.717, 1.165) is 54.4 Å². The van der Waals surface area contributed by atoms with E-state index in [4.69, 9.17) is 30.8 Å². The van der Waals surface area contributed by atoms with Gasteiger partial charge in [0.2, 0.25) is 17.5 Å². The Kier molecular flexibility index (Phi) is 27.9. The van der Waals surface area contributed by atoms with Crippen LogP contribution in [0.1, 0.15) is 99.9 Å². The van der Waals surface area contributed by atoms with Crippen LogP contribution in [-0.2, 0) is 67.5 Å². The first kappa shape index (κ1) is 78.1. The molecule has 0 bridgehead atoms. The summed E-state index contributed by atoms with van der Waals surface area (Å²) >= 11 is 4.27. The molecule has 0 saturated heterocycles. The average molecular weight is 1450 g/mol. The molecule has 0 saturated carbocycles. The quantitative estimate of drug-likeness (QED) is 0.0200. The predicted octanol–water partition coefficient (Wildman–Crippen LogP) is 10.4. The number of esters is 2. The molecule has 6 aromatic carbocycles. The number of alkyl carbamates (subject to hydrolysis) is 1. The Hall–Kier alpha value is -10.6. The summed E-state index contributed by atoms with van der Waals surface area (Å²) in [7, 11) is 0. The van der Waals surface area contributed by atoms with E-state index >= 15 is 0 Å². The minimum Gasteiger partial charge on any atom is -0.870 e. The number of carbonyl (C=O) groups is 7. The third-order valence-corrected chi connectivity index (χ3v) is 17.3. The number of hydrogen-bond acceptors (Lipinski definition) is 22. The summed E-state index contributed by atoms with van der Waals surface area (Å²) < 4.78 is 15.4. The number of carboxylic acid groups (broad SMARTS) is 1. The summed E-state index contributed by atoms with van der Waals surface area (Å²) in [4.78, 5) is 116. The number of nitrogens with zero attached hydrogens (tertiary/aromatic N) is 6. The Morgan fingerprint density at radius 1 is 0.456 bits per heavy atom. The Labute approximate surface area is 626 Å². The van der Waals surface area contributed by atoms with Gasteiger partial charge >= 0.3 is 53.6 Å². The zero-order valence-corrected chi connectivity index (χ0v) is 61.5. The largest absolute Gasteiger partial charge is 1.00 e. The Bertz CT molecular complexity index is 5040. The van der Waals surface area contributed by atoms with Crippen LogP contribution < -0.4 is 62.3 Å². The second kappa shape index (κ2) is 36.8. The topological polar surface area (TPSA) is 375 Å². The number of nitrogens with two attached hydrogens (primary N) is 2. The number of para-hydroxylation sites is 3. The van der Waals surface area contributed by atoms with Crippen molar-refractivity contribution in [1.82, 2.24) is 35.2 Å². The minimum absolute atomic E-state index is 0. The second-order valence-corrected chi connectivity index (χ2v) is 26.0. The monoisotopic (exact) mass is 1450 g/mol. The zero-order valence-electron chi connectivity index (χ0n) is 57.0. The standard InChI is InChI=1S/C29H30N4O5S.C24H22N4O3S.C22H18N4O3S.Na.H2O/c1-5-37-23(34)16-19-10-6-7-12-22(19)31-26(35)25-32-24(21-13-14-39-27(21)33-25)20-11-8-9-18(15-20)17-30-28(36)38-29(2,3)4;1-2-31-20(29)13-16-7-3-4-9-19(16)26-23(30)22-27-21(18-10-11-32-24(18)28-22)17-8-5-6-15(12-17)14-25;23-12-13-4-3-6-15(10-13)19-16-8-9-30-22(16)26-20(25-19)21(29)24-17-7-2-1-5-14(17)11-18(27)28;;/h6-15H,5,16-17H2,1-4H3,(H,30,36)(H,31,35);3-12H,2,13-14,25H2,1H3,(H,26,30);1-10H,11-12,23H2,(H,24,29)(H,27,28);;1H2/q;;;+1;/p-1. The van der Waals surface area contributed by atoms with Crippen LogP contribution >= 0.6 is 34.0 Å². The fraction of sp³-hybridized carbons (Fsp3) is 0.187. The summed E-state index contributed by atoms with van der Waals surface area (Å²) in [6, 6.07) is 49.8. The van der Waals surface area contributed by atoms with Crippen LogP contribution in [0.4, 0.5) is 21.9 Å². The van der Waals surface area contributed by atoms with Gasteiger partial charge in [-0.1, -0.05) is 109 Å². The SMILES string of the molecule is CCOC(=O)Cc1ccccc1NC(=O)c1nc(-c2cccc(CN)c2)c2ccsc2n1.CCOC(=O)Cc1ccccc1NC(=O)c1nc(-c2cccc(CNC(=O)OC(C)(C)C)c2)c2ccsc2n1.NCc1cccc(-c2nc(C(=O)Nc3ccccc3CC(=O)O)nc3sccc23)c1.[Na+].[OH-]. The van der Waals surface area contributed by atoms with Crippen LogP contribution in [0.3, 0.4) is 0 Å². The van der Waals surface area contributed by atoms with E-state index in [1.807, 2.05) is 107 Å². The number of benzene rings is 6. The molecule has 0 radical (unpaired) electrons. The molecule has 4 amide bonds. The number of aliphatic carboxylic acids is 1. The van der Waals surface area contributed by atoms with Crippen molar-refractivity contribution >= 4 is 123 Å². The van der Waals surface area contributed by atoms with Gasteiger partial charge in [-0.3, -0.25) is 28.8 Å². The Morgan fingerprint density at radius 3 is 1.14 bits per heavy atom. The first-order valence-electron chi connectivity index (χ1n) is 31.9. The fourth-order valence-electron chi connectivity index (χ4n) is 10.4. The Morgan fingerprint density at radius 2 is 0.796 bits per heavy atom. The van der Waals surface area contributed by atoms with Crippen molar-refractivity contribution in [2.24, 2.45) is 11.5 Å². The number of anilines is 3. The van der Waals surface area contributed by atoms with Crippen molar-refractivity contribution in [2.75, 3.05) is 29.2 Å². The fourth-order valence-corrected chi connectivity index (χ4v) is 12.7. The van der Waals surface area contributed by atoms with Crippen molar-refractivity contribution < 1.29 is 87.9 Å². The third kappa shape index (κ3) is 21.0. The summed E-state index contributed by atoms with van der Waals surface area (Å²) in [5.74, 6) is -3.08. The van der Waals surface area contributed by atoms with Crippen LogP contribution in [0.2, 0.25) is 0 Å². The number of ether oxygens (including phenoxy) is 3. The summed E-state index contributed by atoms with van der Waals surface area (Å²) in [5.41, 5.74) is 21.4. The smallest absolute Gasteiger partial charge is 0.870 e. The third-order valence-electron chi connectivity index (χ3n) is 14.9. The van der Waals surface area contributed by atoms with Gasteiger partial charge in [-0.15, -0.1) is 34.0 Å². The van der Waals surface area contributed by atoms with Crippen molar-refractivity contribution in [3.63, 3.8) is 0 Å². The Balaban J connectivity index is 0.000000196. The molecule has 28 heteroatoms. The van der Waals surface area contributed by atoms with Gasteiger partial charge in [-0.05, 0) is 139 Å². The maximum absolute atomic E-state index is 13.3. The molecule has 6 heterocycles. The molecule has 6 aromatic heterocycles. The van der Waals surface area contributed by atoms with Gasteiger partial charge in [0.05, 0.1) is 49.6 Å². The molecule has 0 aliphatic rings. The number of carboxylic acids is 1. The first-order valence-corrected chi connectivity index (χ1v) is 34.5. The second-order valence-electron chi connectivity index (χ2n) is 23.3. The van der Waals surface area contributed by atoms with Crippen LogP contribution in [0.15, 0.2) is 180 Å². The van der Waals surface area contributed by atoms with E-state index in [0.29, 0.717) is 80.2 Å². The van der Waals surface area contributed by atoms with Gasteiger partial charge in [-0.25, -0.2) is 34.7 Å². The van der Waals surface area contributed by atoms with E-state index in [9.17, 15) is 33.6 Å². The molecule has 0 fully saturated rings. The van der Waals surface area contributed by atoms with Crippen molar-refractivity contribution in [1.29, 1.82) is 0 Å². The molecule has 103 heavy (non-hydrogen) atoms. The maximum atomic E-state index is 13.3. The maximum Gasteiger partial charge on any atom is 1.00 e. The summed E-state index contributed by atoms with van der Waals surface area (Å²) in [6.45, 7) is 10.6. The van der Waals surface area contributed by atoms with E-state index in [2.05, 4.69) is 51.2 Å². The number of fused-ring (bicyclic) bond motifs is 3. The molecular formula is C75H71N12NaO12S3. The molecule has 12 aromatic rings. The zero-order chi connectivity index (χ0) is 71.6. The molecular weight excluding hydrogens is 1380 g/mol. The molecule has 24 nitrogen and oxygen atoms in total. The van der Waals surface area contributed by atoms with Crippen LogP contribution in [0, 0.1) is 0 Å².